The van der Waals surface area contributed by atoms with Crippen LogP contribution in [0.4, 0.5) is 4.39 Å². The van der Waals surface area contributed by atoms with Crippen LogP contribution < -0.4 is 5.32 Å². The number of amides is 1. The van der Waals surface area contributed by atoms with E-state index < -0.39 is 0 Å². The molecular weight excluding hydrogens is 283 g/mol. The standard InChI is InChI=1S/C17H17FN2O2/c18-16-11-19-8-7-15(16)12-3-5-13(6-4-12)17(21)20-10-14-2-1-9-22-14/h3-8,11,14H,1-2,9-10H2,(H,20,21). The molecule has 0 spiro atoms. The number of ether oxygens (including phenoxy) is 1. The van der Waals surface area contributed by atoms with Gasteiger partial charge in [0.15, 0.2) is 0 Å². The predicted molar refractivity (Wildman–Crippen MR) is 80.9 cm³/mol. The molecule has 1 N–H and O–H groups in total. The minimum atomic E-state index is -0.377. The monoisotopic (exact) mass is 300 g/mol. The lowest BCUT2D eigenvalue weighted by molar-refractivity contribution is 0.0858. The van der Waals surface area contributed by atoms with Crippen molar-refractivity contribution in [2.75, 3.05) is 13.2 Å². The van der Waals surface area contributed by atoms with Crippen LogP contribution in [-0.4, -0.2) is 30.1 Å². The third-order valence-corrected chi connectivity index (χ3v) is 3.74. The van der Waals surface area contributed by atoms with Gasteiger partial charge in [0.1, 0.15) is 5.82 Å². The molecule has 0 saturated carbocycles. The molecule has 5 heteroatoms. The van der Waals surface area contributed by atoms with E-state index in [9.17, 15) is 9.18 Å². The van der Waals surface area contributed by atoms with E-state index in [0.717, 1.165) is 25.0 Å². The number of rotatable bonds is 4. The Bertz CT molecular complexity index is 652. The van der Waals surface area contributed by atoms with Gasteiger partial charge >= 0.3 is 0 Å². The van der Waals surface area contributed by atoms with E-state index in [1.807, 2.05) is 0 Å². The summed E-state index contributed by atoms with van der Waals surface area (Å²) in [7, 11) is 0. The molecule has 1 saturated heterocycles. The van der Waals surface area contributed by atoms with Gasteiger partial charge in [-0.25, -0.2) is 4.39 Å². The van der Waals surface area contributed by atoms with E-state index in [1.54, 1.807) is 36.5 Å². The second-order valence-electron chi connectivity index (χ2n) is 5.28. The molecule has 1 aromatic heterocycles. The minimum absolute atomic E-state index is 0.120. The van der Waals surface area contributed by atoms with Crippen molar-refractivity contribution in [2.24, 2.45) is 0 Å². The van der Waals surface area contributed by atoms with Crippen LogP contribution in [0.1, 0.15) is 23.2 Å². The van der Waals surface area contributed by atoms with Gasteiger partial charge in [0.2, 0.25) is 0 Å². The fourth-order valence-electron chi connectivity index (χ4n) is 2.52. The molecule has 1 aromatic carbocycles. The van der Waals surface area contributed by atoms with Crippen LogP contribution >= 0.6 is 0 Å². The Labute approximate surface area is 128 Å². The van der Waals surface area contributed by atoms with E-state index in [-0.39, 0.29) is 17.8 Å². The van der Waals surface area contributed by atoms with Crippen molar-refractivity contribution in [3.63, 3.8) is 0 Å². The fraction of sp³-hybridized carbons (Fsp3) is 0.294. The molecule has 1 aliphatic rings. The predicted octanol–water partition coefficient (Wildman–Crippen LogP) is 2.80. The second kappa shape index (κ2) is 6.66. The third kappa shape index (κ3) is 3.31. The molecule has 114 valence electrons. The summed E-state index contributed by atoms with van der Waals surface area (Å²) >= 11 is 0. The number of carbonyl (C=O) groups is 1. The molecule has 0 bridgehead atoms. The zero-order valence-corrected chi connectivity index (χ0v) is 12.1. The summed E-state index contributed by atoms with van der Waals surface area (Å²) in [6.45, 7) is 1.30. The first-order valence-corrected chi connectivity index (χ1v) is 7.34. The average molecular weight is 300 g/mol. The first kappa shape index (κ1) is 14.7. The van der Waals surface area contributed by atoms with E-state index in [2.05, 4.69) is 10.3 Å². The number of nitrogens with zero attached hydrogens (tertiary/aromatic N) is 1. The maximum Gasteiger partial charge on any atom is 0.251 e. The zero-order chi connectivity index (χ0) is 15.4. The quantitative estimate of drug-likeness (QED) is 0.944. The zero-order valence-electron chi connectivity index (χ0n) is 12.1. The molecule has 1 fully saturated rings. The van der Waals surface area contributed by atoms with E-state index in [1.165, 1.54) is 6.20 Å². The Hall–Kier alpha value is -2.27. The highest BCUT2D eigenvalue weighted by Gasteiger charge is 2.16. The number of halogens is 1. The number of hydrogen-bond donors (Lipinski definition) is 1. The van der Waals surface area contributed by atoms with Crippen LogP contribution in [0, 0.1) is 5.82 Å². The van der Waals surface area contributed by atoms with Gasteiger partial charge in [-0.2, -0.15) is 0 Å². The summed E-state index contributed by atoms with van der Waals surface area (Å²) in [6.07, 6.45) is 4.87. The van der Waals surface area contributed by atoms with Gasteiger partial charge in [0, 0.05) is 30.5 Å². The average Bonchev–Trinajstić information content (AvgIpc) is 3.07. The lowest BCUT2D eigenvalue weighted by atomic mass is 10.0. The molecular formula is C17H17FN2O2. The van der Waals surface area contributed by atoms with Gasteiger partial charge in [-0.3, -0.25) is 9.78 Å². The fourth-order valence-corrected chi connectivity index (χ4v) is 2.52. The molecule has 4 nitrogen and oxygen atoms in total. The number of nitrogens with one attached hydrogen (secondary N) is 1. The van der Waals surface area contributed by atoms with E-state index in [0.29, 0.717) is 17.7 Å². The maximum absolute atomic E-state index is 13.7. The van der Waals surface area contributed by atoms with Gasteiger partial charge in [-0.15, -0.1) is 0 Å². The van der Waals surface area contributed by atoms with Crippen molar-refractivity contribution in [1.29, 1.82) is 0 Å². The van der Waals surface area contributed by atoms with Crippen molar-refractivity contribution < 1.29 is 13.9 Å². The summed E-state index contributed by atoms with van der Waals surface area (Å²) < 4.78 is 19.1. The third-order valence-electron chi connectivity index (χ3n) is 3.74. The number of pyridine rings is 1. The van der Waals surface area contributed by atoms with Gasteiger partial charge in [-0.1, -0.05) is 12.1 Å². The SMILES string of the molecule is O=C(NCC1CCCO1)c1ccc(-c2ccncc2F)cc1. The highest BCUT2D eigenvalue weighted by Crippen LogP contribution is 2.22. The van der Waals surface area contributed by atoms with Gasteiger partial charge in [0.25, 0.3) is 5.91 Å². The van der Waals surface area contributed by atoms with Gasteiger partial charge in [-0.05, 0) is 36.6 Å². The smallest absolute Gasteiger partial charge is 0.251 e. The summed E-state index contributed by atoms with van der Waals surface area (Å²) in [4.78, 5) is 15.8. The van der Waals surface area contributed by atoms with Gasteiger partial charge in [0.05, 0.1) is 12.3 Å². The lowest BCUT2D eigenvalue weighted by Gasteiger charge is -2.11. The molecule has 1 aliphatic heterocycles. The Morgan fingerprint density at radius 3 is 2.82 bits per heavy atom. The minimum Gasteiger partial charge on any atom is -0.376 e. The largest absolute Gasteiger partial charge is 0.376 e. The number of carbonyl (C=O) groups excluding carboxylic acids is 1. The number of hydrogen-bond acceptors (Lipinski definition) is 3. The molecule has 2 heterocycles. The summed E-state index contributed by atoms with van der Waals surface area (Å²) in [5, 5.41) is 2.86. The highest BCUT2D eigenvalue weighted by molar-refractivity contribution is 5.94. The molecule has 0 aliphatic carbocycles. The topological polar surface area (TPSA) is 51.2 Å². The lowest BCUT2D eigenvalue weighted by Crippen LogP contribution is -2.31. The first-order valence-electron chi connectivity index (χ1n) is 7.34. The Balaban J connectivity index is 1.66. The highest BCUT2D eigenvalue weighted by atomic mass is 19.1. The van der Waals surface area contributed by atoms with Crippen molar-refractivity contribution >= 4 is 5.91 Å². The van der Waals surface area contributed by atoms with Crippen LogP contribution in [0.25, 0.3) is 11.1 Å². The Morgan fingerprint density at radius 1 is 1.32 bits per heavy atom. The normalized spacial score (nSPS) is 17.4. The molecule has 1 unspecified atom stereocenters. The van der Waals surface area contributed by atoms with Crippen molar-refractivity contribution in [2.45, 2.75) is 18.9 Å². The Morgan fingerprint density at radius 2 is 2.14 bits per heavy atom. The van der Waals surface area contributed by atoms with Crippen LogP contribution in [0.3, 0.4) is 0 Å². The molecule has 0 radical (unpaired) electrons. The molecule has 3 rings (SSSR count). The van der Waals surface area contributed by atoms with Crippen molar-refractivity contribution in [1.82, 2.24) is 10.3 Å². The summed E-state index contributed by atoms with van der Waals surface area (Å²) in [6, 6.07) is 8.47. The second-order valence-corrected chi connectivity index (χ2v) is 5.28. The van der Waals surface area contributed by atoms with Crippen LogP contribution in [0.2, 0.25) is 0 Å². The van der Waals surface area contributed by atoms with Crippen molar-refractivity contribution in [3.8, 4) is 11.1 Å². The molecule has 22 heavy (non-hydrogen) atoms. The van der Waals surface area contributed by atoms with E-state index >= 15 is 0 Å². The van der Waals surface area contributed by atoms with Crippen LogP contribution in [0.15, 0.2) is 42.7 Å². The Kier molecular flexibility index (Phi) is 4.44. The number of aromatic nitrogens is 1. The molecule has 1 amide bonds. The van der Waals surface area contributed by atoms with Crippen LogP contribution in [0.5, 0.6) is 0 Å². The van der Waals surface area contributed by atoms with Gasteiger partial charge < -0.3 is 10.1 Å². The number of benzene rings is 1. The molecule has 2 aromatic rings. The first-order chi connectivity index (χ1) is 10.7. The maximum atomic E-state index is 13.7. The van der Waals surface area contributed by atoms with Crippen LogP contribution in [-0.2, 0) is 4.74 Å². The van der Waals surface area contributed by atoms with Crippen molar-refractivity contribution in [3.05, 3.63) is 54.1 Å². The molecule has 1 atom stereocenters. The summed E-state index contributed by atoms with van der Waals surface area (Å²) in [5.74, 6) is -0.518. The van der Waals surface area contributed by atoms with E-state index in [4.69, 9.17) is 4.74 Å². The summed E-state index contributed by atoms with van der Waals surface area (Å²) in [5.41, 5.74) is 1.74.